The van der Waals surface area contributed by atoms with Crippen LogP contribution in [0, 0.1) is 13.8 Å². The van der Waals surface area contributed by atoms with Gasteiger partial charge in [0.1, 0.15) is 6.61 Å². The van der Waals surface area contributed by atoms with Crippen LogP contribution >= 0.6 is 0 Å². The largest absolute Gasteiger partial charge is 0.445 e. The summed E-state index contributed by atoms with van der Waals surface area (Å²) in [6, 6.07) is 9.65. The summed E-state index contributed by atoms with van der Waals surface area (Å²) in [5, 5.41) is 4.54. The second kappa shape index (κ2) is 7.19. The number of benzene rings is 1. The molecule has 0 radical (unpaired) electrons. The number of nitrogens with zero attached hydrogens (tertiary/aromatic N) is 3. The molecule has 2 atom stereocenters. The van der Waals surface area contributed by atoms with Gasteiger partial charge in [0, 0.05) is 18.3 Å². The van der Waals surface area contributed by atoms with E-state index in [9.17, 15) is 4.79 Å². The highest BCUT2D eigenvalue weighted by Gasteiger charge is 2.39. The van der Waals surface area contributed by atoms with Crippen molar-refractivity contribution in [2.24, 2.45) is 7.05 Å². The Hall–Kier alpha value is -2.60. The molecule has 6 heteroatoms. The summed E-state index contributed by atoms with van der Waals surface area (Å²) in [5.41, 5.74) is 5.62. The maximum Gasteiger partial charge on any atom is 0.411 e. The van der Waals surface area contributed by atoms with Crippen molar-refractivity contribution in [3.8, 4) is 0 Å². The Labute approximate surface area is 159 Å². The second-order valence-corrected chi connectivity index (χ2v) is 7.27. The van der Waals surface area contributed by atoms with Gasteiger partial charge in [-0.25, -0.2) is 4.79 Å². The molecule has 2 aromatic rings. The molecule has 1 aromatic heterocycles. The van der Waals surface area contributed by atoms with E-state index in [1.807, 2.05) is 53.9 Å². The maximum atomic E-state index is 12.8. The Kier molecular flexibility index (Phi) is 4.74. The molecule has 0 saturated carbocycles. The van der Waals surface area contributed by atoms with Crippen molar-refractivity contribution in [2.75, 3.05) is 13.2 Å². The molecular weight excluding hydrogens is 342 g/mol. The molecule has 142 valence electrons. The standard InChI is InChI=1S/C21H25N3O3/c1-14-20(15(2)23(3)22-14)17-9-18-12-26-13-19(10-17)24(18)21(25)27-11-16-7-5-4-6-8-16/h4-9,18-19H,10-13H2,1-3H3. The zero-order valence-corrected chi connectivity index (χ0v) is 16.0. The summed E-state index contributed by atoms with van der Waals surface area (Å²) in [7, 11) is 1.96. The van der Waals surface area contributed by atoms with Gasteiger partial charge in [0.2, 0.25) is 0 Å². The Balaban J connectivity index is 1.54. The average molecular weight is 367 g/mol. The highest BCUT2D eigenvalue weighted by molar-refractivity contribution is 5.76. The third-order valence-corrected chi connectivity index (χ3v) is 5.44. The topological polar surface area (TPSA) is 56.6 Å². The van der Waals surface area contributed by atoms with Crippen molar-refractivity contribution in [3.05, 3.63) is 58.9 Å². The first-order chi connectivity index (χ1) is 13.0. The van der Waals surface area contributed by atoms with Gasteiger partial charge >= 0.3 is 6.09 Å². The zero-order chi connectivity index (χ0) is 19.0. The monoisotopic (exact) mass is 367 g/mol. The smallest absolute Gasteiger partial charge is 0.411 e. The van der Waals surface area contributed by atoms with E-state index >= 15 is 0 Å². The van der Waals surface area contributed by atoms with Crippen molar-refractivity contribution in [1.82, 2.24) is 14.7 Å². The summed E-state index contributed by atoms with van der Waals surface area (Å²) >= 11 is 0. The molecule has 2 unspecified atom stereocenters. The highest BCUT2D eigenvalue weighted by atomic mass is 16.6. The van der Waals surface area contributed by atoms with Gasteiger partial charge in [0.05, 0.1) is 31.0 Å². The summed E-state index contributed by atoms with van der Waals surface area (Å²) < 4.78 is 13.2. The molecule has 2 aliphatic rings. The fraction of sp³-hybridized carbons (Fsp3) is 0.429. The lowest BCUT2D eigenvalue weighted by Crippen LogP contribution is -2.56. The number of amides is 1. The normalized spacial score (nSPS) is 21.7. The molecule has 27 heavy (non-hydrogen) atoms. The SMILES string of the molecule is Cc1nn(C)c(C)c1C1=CC2COCC(C1)N2C(=O)OCc1ccccc1. The predicted octanol–water partition coefficient (Wildman–Crippen LogP) is 3.23. The number of aromatic nitrogens is 2. The van der Waals surface area contributed by atoms with Gasteiger partial charge in [0.25, 0.3) is 0 Å². The maximum absolute atomic E-state index is 12.8. The van der Waals surface area contributed by atoms with E-state index < -0.39 is 0 Å². The van der Waals surface area contributed by atoms with E-state index in [-0.39, 0.29) is 24.8 Å². The van der Waals surface area contributed by atoms with Crippen LogP contribution in [0.1, 0.15) is 28.9 Å². The Bertz CT molecular complexity index is 872. The minimum absolute atomic E-state index is 0.00831. The van der Waals surface area contributed by atoms with Crippen molar-refractivity contribution >= 4 is 11.7 Å². The van der Waals surface area contributed by atoms with Gasteiger partial charge in [-0.2, -0.15) is 5.10 Å². The lowest BCUT2D eigenvalue weighted by atomic mass is 9.89. The number of morpholine rings is 1. The minimum Gasteiger partial charge on any atom is -0.445 e. The molecule has 6 nitrogen and oxygen atoms in total. The van der Waals surface area contributed by atoms with Crippen LogP contribution in [0.15, 0.2) is 36.4 Å². The quantitative estimate of drug-likeness (QED) is 0.836. The van der Waals surface area contributed by atoms with E-state index in [4.69, 9.17) is 9.47 Å². The van der Waals surface area contributed by atoms with E-state index in [0.29, 0.717) is 13.2 Å². The van der Waals surface area contributed by atoms with Crippen molar-refractivity contribution in [3.63, 3.8) is 0 Å². The highest BCUT2D eigenvalue weighted by Crippen LogP contribution is 2.35. The van der Waals surface area contributed by atoms with Gasteiger partial charge in [0.15, 0.2) is 0 Å². The third kappa shape index (κ3) is 3.37. The number of hydrogen-bond acceptors (Lipinski definition) is 4. The lowest BCUT2D eigenvalue weighted by Gasteiger charge is -2.43. The van der Waals surface area contributed by atoms with Crippen molar-refractivity contribution < 1.29 is 14.3 Å². The van der Waals surface area contributed by atoms with E-state index in [1.165, 1.54) is 11.1 Å². The number of fused-ring (bicyclic) bond motifs is 2. The molecule has 4 rings (SSSR count). The molecule has 1 aromatic carbocycles. The Morgan fingerprint density at radius 3 is 2.70 bits per heavy atom. The van der Waals surface area contributed by atoms with Gasteiger partial charge in [-0.1, -0.05) is 36.4 Å². The Morgan fingerprint density at radius 1 is 1.26 bits per heavy atom. The summed E-state index contributed by atoms with van der Waals surface area (Å²) in [5.74, 6) is 0. The zero-order valence-electron chi connectivity index (χ0n) is 16.0. The molecule has 2 bridgehead atoms. The molecule has 2 aliphatic heterocycles. The molecule has 1 saturated heterocycles. The number of ether oxygens (including phenoxy) is 2. The van der Waals surface area contributed by atoms with Gasteiger partial charge in [-0.05, 0) is 31.4 Å². The van der Waals surface area contributed by atoms with E-state index in [0.717, 1.165) is 23.4 Å². The summed E-state index contributed by atoms with van der Waals surface area (Å²) in [6.45, 7) is 5.44. The van der Waals surface area contributed by atoms with Crippen LogP contribution in [0.3, 0.4) is 0 Å². The second-order valence-electron chi connectivity index (χ2n) is 7.27. The molecule has 0 spiro atoms. The van der Waals surface area contributed by atoms with Crippen molar-refractivity contribution in [2.45, 2.75) is 39.0 Å². The van der Waals surface area contributed by atoms with E-state index in [1.54, 1.807) is 0 Å². The van der Waals surface area contributed by atoms with Crippen LogP contribution in [0.5, 0.6) is 0 Å². The minimum atomic E-state index is -0.271. The first-order valence-corrected chi connectivity index (χ1v) is 9.32. The van der Waals surface area contributed by atoms with Gasteiger partial charge in [-0.3, -0.25) is 9.58 Å². The molecule has 3 heterocycles. The molecule has 0 aliphatic carbocycles. The fourth-order valence-corrected chi connectivity index (χ4v) is 4.10. The number of rotatable bonds is 3. The number of aryl methyl sites for hydroxylation is 2. The molecular formula is C21H25N3O3. The molecule has 1 fully saturated rings. The number of carbonyl (C=O) groups excluding carboxylic acids is 1. The van der Waals surface area contributed by atoms with Crippen LogP contribution in [-0.4, -0.2) is 46.1 Å². The number of carbonyl (C=O) groups is 1. The molecule has 0 N–H and O–H groups in total. The Morgan fingerprint density at radius 2 is 2.04 bits per heavy atom. The van der Waals surface area contributed by atoms with Crippen LogP contribution in [-0.2, 0) is 23.1 Å². The average Bonchev–Trinajstić information content (AvgIpc) is 2.91. The predicted molar refractivity (Wildman–Crippen MR) is 102 cm³/mol. The van der Waals surface area contributed by atoms with Gasteiger partial charge in [-0.15, -0.1) is 0 Å². The lowest BCUT2D eigenvalue weighted by molar-refractivity contribution is -0.0342. The fourth-order valence-electron chi connectivity index (χ4n) is 4.10. The third-order valence-electron chi connectivity index (χ3n) is 5.44. The van der Waals surface area contributed by atoms with Crippen LogP contribution < -0.4 is 0 Å². The van der Waals surface area contributed by atoms with Crippen LogP contribution in [0.2, 0.25) is 0 Å². The first kappa shape index (κ1) is 17.8. The summed E-state index contributed by atoms with van der Waals surface area (Å²) in [4.78, 5) is 14.6. The van der Waals surface area contributed by atoms with E-state index in [2.05, 4.69) is 18.1 Å². The molecule has 1 amide bonds. The van der Waals surface area contributed by atoms with Crippen molar-refractivity contribution in [1.29, 1.82) is 0 Å². The van der Waals surface area contributed by atoms with Gasteiger partial charge < -0.3 is 9.47 Å². The first-order valence-electron chi connectivity index (χ1n) is 9.32. The summed E-state index contributed by atoms with van der Waals surface area (Å²) in [6.07, 6.45) is 2.63. The van der Waals surface area contributed by atoms with Crippen LogP contribution in [0.4, 0.5) is 4.79 Å². The number of hydrogen-bond donors (Lipinski definition) is 0. The van der Waals surface area contributed by atoms with Crippen LogP contribution in [0.25, 0.3) is 5.57 Å².